The molecule has 2 heterocycles. The van der Waals surface area contributed by atoms with E-state index in [0.29, 0.717) is 22.0 Å². The summed E-state index contributed by atoms with van der Waals surface area (Å²) in [5.74, 6) is 1.19. The molecule has 0 aliphatic rings. The third kappa shape index (κ3) is 2.62. The Hall–Kier alpha value is -1.85. The van der Waals surface area contributed by atoms with Gasteiger partial charge >= 0.3 is 0 Å². The number of nitrogens with zero attached hydrogens (tertiary/aromatic N) is 1. The minimum absolute atomic E-state index is 0.138. The number of nitrogens with one attached hydrogen (secondary N) is 1. The van der Waals surface area contributed by atoms with E-state index in [9.17, 15) is 4.79 Å². The van der Waals surface area contributed by atoms with Crippen molar-refractivity contribution in [3.8, 4) is 5.75 Å². The van der Waals surface area contributed by atoms with Gasteiger partial charge in [-0.25, -0.2) is 4.98 Å². The Morgan fingerprint density at radius 2 is 2.05 bits per heavy atom. The zero-order chi connectivity index (χ0) is 13.2. The molecule has 1 N–H and O–H groups in total. The molecule has 96 valence electrons. The van der Waals surface area contributed by atoms with Gasteiger partial charge in [0.25, 0.3) is 5.56 Å². The van der Waals surface area contributed by atoms with Crippen molar-refractivity contribution in [3.05, 3.63) is 56.9 Å². The van der Waals surface area contributed by atoms with Gasteiger partial charge in [-0.15, -0.1) is 11.3 Å². The third-order valence-corrected chi connectivity index (χ3v) is 3.63. The van der Waals surface area contributed by atoms with Crippen LogP contribution in [0, 0.1) is 0 Å². The van der Waals surface area contributed by atoms with Crippen molar-refractivity contribution in [3.63, 3.8) is 0 Å². The van der Waals surface area contributed by atoms with Gasteiger partial charge in [0.1, 0.15) is 23.0 Å². The second kappa shape index (κ2) is 5.03. The van der Waals surface area contributed by atoms with E-state index < -0.39 is 0 Å². The Morgan fingerprint density at radius 3 is 2.84 bits per heavy atom. The third-order valence-electron chi connectivity index (χ3n) is 2.57. The molecule has 0 aliphatic heterocycles. The van der Waals surface area contributed by atoms with Gasteiger partial charge < -0.3 is 9.72 Å². The first-order valence-electron chi connectivity index (χ1n) is 5.57. The summed E-state index contributed by atoms with van der Waals surface area (Å²) in [5, 5.41) is 3.11. The van der Waals surface area contributed by atoms with Gasteiger partial charge in [-0.2, -0.15) is 0 Å². The molecule has 0 spiro atoms. The summed E-state index contributed by atoms with van der Waals surface area (Å²) in [6, 6.07) is 8.79. The number of aromatic amines is 1. The first kappa shape index (κ1) is 12.2. The fourth-order valence-electron chi connectivity index (χ4n) is 1.66. The van der Waals surface area contributed by atoms with E-state index in [-0.39, 0.29) is 12.2 Å². The number of fused-ring (bicyclic) bond motifs is 1. The number of H-pyrrole nitrogens is 1. The van der Waals surface area contributed by atoms with Crippen LogP contribution in [0.1, 0.15) is 5.82 Å². The molecule has 0 unspecified atom stereocenters. The summed E-state index contributed by atoms with van der Waals surface area (Å²) >= 11 is 7.22. The molecule has 3 aromatic rings. The molecule has 0 saturated carbocycles. The van der Waals surface area contributed by atoms with E-state index >= 15 is 0 Å². The lowest BCUT2D eigenvalue weighted by atomic mass is 10.3. The topological polar surface area (TPSA) is 55.0 Å². The van der Waals surface area contributed by atoms with Crippen molar-refractivity contribution >= 4 is 33.2 Å². The lowest BCUT2D eigenvalue weighted by Gasteiger charge is -2.05. The van der Waals surface area contributed by atoms with Crippen LogP contribution in [-0.2, 0) is 6.61 Å². The standard InChI is InChI=1S/C13H9ClN2O2S/c14-8-1-3-9(4-2-8)18-7-11-15-12(17)10-5-6-19-13(10)16-11/h1-6H,7H2,(H,15,16,17). The lowest BCUT2D eigenvalue weighted by Crippen LogP contribution is -2.12. The highest BCUT2D eigenvalue weighted by atomic mass is 35.5. The zero-order valence-electron chi connectivity index (χ0n) is 9.72. The van der Waals surface area contributed by atoms with Gasteiger partial charge in [0.05, 0.1) is 5.39 Å². The molecule has 0 bridgehead atoms. The first-order valence-corrected chi connectivity index (χ1v) is 6.83. The van der Waals surface area contributed by atoms with Crippen LogP contribution in [0.15, 0.2) is 40.5 Å². The number of thiophene rings is 1. The molecule has 2 aromatic heterocycles. The highest BCUT2D eigenvalue weighted by molar-refractivity contribution is 7.16. The van der Waals surface area contributed by atoms with Gasteiger partial charge in [0, 0.05) is 5.02 Å². The summed E-state index contributed by atoms with van der Waals surface area (Å²) in [6.07, 6.45) is 0. The molecule has 4 nitrogen and oxygen atoms in total. The van der Waals surface area contributed by atoms with Crippen molar-refractivity contribution in [2.24, 2.45) is 0 Å². The zero-order valence-corrected chi connectivity index (χ0v) is 11.3. The minimum Gasteiger partial charge on any atom is -0.486 e. The molecular formula is C13H9ClN2O2S. The van der Waals surface area contributed by atoms with Crippen LogP contribution >= 0.6 is 22.9 Å². The van der Waals surface area contributed by atoms with Crippen molar-refractivity contribution in [1.29, 1.82) is 0 Å². The van der Waals surface area contributed by atoms with Crippen LogP contribution < -0.4 is 10.3 Å². The van der Waals surface area contributed by atoms with Crippen LogP contribution in [0.5, 0.6) is 5.75 Å². The molecule has 1 aromatic carbocycles. The summed E-state index contributed by atoms with van der Waals surface area (Å²) in [6.45, 7) is 0.213. The van der Waals surface area contributed by atoms with Crippen LogP contribution in [0.4, 0.5) is 0 Å². The first-order chi connectivity index (χ1) is 9.22. The van der Waals surface area contributed by atoms with Crippen LogP contribution in [-0.4, -0.2) is 9.97 Å². The monoisotopic (exact) mass is 292 g/mol. The predicted molar refractivity (Wildman–Crippen MR) is 76.0 cm³/mol. The van der Waals surface area contributed by atoms with Crippen molar-refractivity contribution in [1.82, 2.24) is 9.97 Å². The maximum Gasteiger partial charge on any atom is 0.259 e. The average Bonchev–Trinajstić information content (AvgIpc) is 2.87. The molecule has 0 radical (unpaired) electrons. The number of rotatable bonds is 3. The molecule has 0 fully saturated rings. The van der Waals surface area contributed by atoms with E-state index in [1.54, 1.807) is 30.3 Å². The Kier molecular flexibility index (Phi) is 3.23. The van der Waals surface area contributed by atoms with E-state index in [1.807, 2.05) is 5.38 Å². The van der Waals surface area contributed by atoms with E-state index in [4.69, 9.17) is 16.3 Å². The van der Waals surface area contributed by atoms with Crippen LogP contribution in [0.25, 0.3) is 10.2 Å². The molecule has 6 heteroatoms. The van der Waals surface area contributed by atoms with Crippen molar-refractivity contribution in [2.75, 3.05) is 0 Å². The van der Waals surface area contributed by atoms with Crippen molar-refractivity contribution < 1.29 is 4.74 Å². The summed E-state index contributed by atoms with van der Waals surface area (Å²) < 4.78 is 5.54. The quantitative estimate of drug-likeness (QED) is 0.806. The largest absolute Gasteiger partial charge is 0.486 e. The van der Waals surface area contributed by atoms with Gasteiger partial charge in [-0.3, -0.25) is 4.79 Å². The van der Waals surface area contributed by atoms with Gasteiger partial charge in [-0.05, 0) is 35.7 Å². The number of aromatic nitrogens is 2. The number of hydrogen-bond acceptors (Lipinski definition) is 4. The lowest BCUT2D eigenvalue weighted by molar-refractivity contribution is 0.296. The number of ether oxygens (including phenoxy) is 1. The Labute approximate surface area is 117 Å². The second-order valence-corrected chi connectivity index (χ2v) is 5.23. The van der Waals surface area contributed by atoms with Crippen LogP contribution in [0.2, 0.25) is 5.02 Å². The summed E-state index contributed by atoms with van der Waals surface area (Å²) in [4.78, 5) is 19.5. The Morgan fingerprint density at radius 1 is 1.26 bits per heavy atom. The molecule has 19 heavy (non-hydrogen) atoms. The molecule has 0 saturated heterocycles. The number of benzene rings is 1. The smallest absolute Gasteiger partial charge is 0.259 e. The highest BCUT2D eigenvalue weighted by Crippen LogP contribution is 2.17. The molecule has 0 atom stereocenters. The highest BCUT2D eigenvalue weighted by Gasteiger charge is 2.05. The fraction of sp³-hybridized carbons (Fsp3) is 0.0769. The Bertz CT molecular complexity index is 764. The summed E-state index contributed by atoms with van der Waals surface area (Å²) in [5.41, 5.74) is -0.138. The van der Waals surface area contributed by atoms with Crippen LogP contribution in [0.3, 0.4) is 0 Å². The molecule has 3 rings (SSSR count). The predicted octanol–water partition coefficient (Wildman–Crippen LogP) is 3.22. The Balaban J connectivity index is 1.81. The maximum atomic E-state index is 11.8. The molecule has 0 amide bonds. The van der Waals surface area contributed by atoms with Gasteiger partial charge in [0.15, 0.2) is 0 Å². The van der Waals surface area contributed by atoms with E-state index in [0.717, 1.165) is 4.83 Å². The maximum absolute atomic E-state index is 11.8. The fourth-order valence-corrected chi connectivity index (χ4v) is 2.57. The van der Waals surface area contributed by atoms with Gasteiger partial charge in [-0.1, -0.05) is 11.6 Å². The second-order valence-electron chi connectivity index (χ2n) is 3.89. The number of hydrogen-bond donors (Lipinski definition) is 1. The minimum atomic E-state index is -0.138. The SMILES string of the molecule is O=c1[nH]c(COc2ccc(Cl)cc2)nc2sccc12. The van der Waals surface area contributed by atoms with E-state index in [2.05, 4.69) is 9.97 Å². The summed E-state index contributed by atoms with van der Waals surface area (Å²) in [7, 11) is 0. The average molecular weight is 293 g/mol. The van der Waals surface area contributed by atoms with E-state index in [1.165, 1.54) is 11.3 Å². The normalized spacial score (nSPS) is 10.8. The molecular weight excluding hydrogens is 284 g/mol. The van der Waals surface area contributed by atoms with Gasteiger partial charge in [0.2, 0.25) is 0 Å². The van der Waals surface area contributed by atoms with Crippen molar-refractivity contribution in [2.45, 2.75) is 6.61 Å². The number of halogens is 1. The molecule has 0 aliphatic carbocycles.